The monoisotopic (exact) mass is 447 g/mol. The minimum atomic E-state index is -1.04. The van der Waals surface area contributed by atoms with Crippen LogP contribution in [0.15, 0.2) is 43.1 Å². The van der Waals surface area contributed by atoms with Gasteiger partial charge in [0.25, 0.3) is 5.97 Å². The molecule has 1 unspecified atom stereocenters. The van der Waals surface area contributed by atoms with Gasteiger partial charge in [-0.15, -0.1) is 0 Å². The van der Waals surface area contributed by atoms with Crippen LogP contribution in [0.3, 0.4) is 0 Å². The highest BCUT2D eigenvalue weighted by atomic mass is 16.9. The van der Waals surface area contributed by atoms with Gasteiger partial charge in [-0.1, -0.05) is 82.4 Å². The number of ether oxygens (including phenoxy) is 3. The Morgan fingerprint density at radius 1 is 0.781 bits per heavy atom. The number of benzene rings is 1. The van der Waals surface area contributed by atoms with Crippen molar-refractivity contribution in [2.24, 2.45) is 5.41 Å². The van der Waals surface area contributed by atoms with Gasteiger partial charge in [-0.2, -0.15) is 0 Å². The molecular weight excluding hydrogens is 398 g/mol. The number of hydrogen-bond donors (Lipinski definition) is 1. The summed E-state index contributed by atoms with van der Waals surface area (Å²) in [5.74, 6) is -1.04. The minimum Gasteiger partial charge on any atom is -0.391 e. The number of nitrogens with one attached hydrogen (secondary N) is 1. The second-order valence-electron chi connectivity index (χ2n) is 8.58. The molecule has 1 N–H and O–H groups in total. The second kappa shape index (κ2) is 17.2. The molecule has 0 aliphatic heterocycles. The fourth-order valence-corrected chi connectivity index (χ4v) is 4.73. The molecule has 0 aromatic heterocycles. The molecule has 0 radical (unpaired) electrons. The summed E-state index contributed by atoms with van der Waals surface area (Å²) in [6.07, 6.45) is 13.2. The van der Waals surface area contributed by atoms with Gasteiger partial charge in [0.1, 0.15) is 0 Å². The normalized spacial score (nSPS) is 13.6. The first kappa shape index (κ1) is 28.7. The maximum atomic E-state index is 6.42. The van der Waals surface area contributed by atoms with Gasteiger partial charge in [0.05, 0.1) is 5.41 Å². The zero-order valence-electron chi connectivity index (χ0n) is 21.3. The Balaban J connectivity index is 3.29. The summed E-state index contributed by atoms with van der Waals surface area (Å²) >= 11 is 0. The molecule has 1 rings (SSSR count). The molecule has 0 aliphatic carbocycles. The summed E-state index contributed by atoms with van der Waals surface area (Å²) in [4.78, 5) is 0. The van der Waals surface area contributed by atoms with Crippen molar-refractivity contribution in [3.8, 4) is 0 Å². The maximum absolute atomic E-state index is 6.42. The summed E-state index contributed by atoms with van der Waals surface area (Å²) in [6, 6.07) is 10.7. The third kappa shape index (κ3) is 9.25. The van der Waals surface area contributed by atoms with Crippen molar-refractivity contribution in [2.75, 3.05) is 26.4 Å². The van der Waals surface area contributed by atoms with Crippen LogP contribution in [0.25, 0.3) is 0 Å². The summed E-state index contributed by atoms with van der Waals surface area (Å²) < 4.78 is 19.2. The Labute approximate surface area is 198 Å². The zero-order chi connectivity index (χ0) is 23.5. The molecule has 0 saturated heterocycles. The Bertz CT molecular complexity index is 560. The van der Waals surface area contributed by atoms with E-state index in [2.05, 4.69) is 49.2 Å². The zero-order valence-corrected chi connectivity index (χ0v) is 21.3. The molecule has 0 amide bonds. The minimum absolute atomic E-state index is 0.274. The highest BCUT2D eigenvalue weighted by Crippen LogP contribution is 2.48. The van der Waals surface area contributed by atoms with E-state index >= 15 is 0 Å². The molecule has 0 aliphatic rings. The van der Waals surface area contributed by atoms with Gasteiger partial charge in [-0.05, 0) is 58.2 Å². The van der Waals surface area contributed by atoms with Crippen LogP contribution in [0, 0.1) is 5.41 Å². The van der Waals surface area contributed by atoms with Crippen molar-refractivity contribution < 1.29 is 14.2 Å². The third-order valence-corrected chi connectivity index (χ3v) is 6.17. The standard InChI is InChI=1S/C28H49NO3/c1-6-11-12-13-14-18-22-27(23-19-24-29-7-2,25-26-20-16-15-17-21-26)28(30-8-3,31-9-4)32-10-5/h7,15-17,20-21,29H,2,6,8-14,18-19,22-25H2,1,3-5H3. The van der Waals surface area contributed by atoms with Gasteiger partial charge >= 0.3 is 0 Å². The van der Waals surface area contributed by atoms with Crippen LogP contribution in [0.5, 0.6) is 0 Å². The van der Waals surface area contributed by atoms with E-state index in [1.54, 1.807) is 6.20 Å². The van der Waals surface area contributed by atoms with Gasteiger partial charge in [-0.25, -0.2) is 0 Å². The Morgan fingerprint density at radius 2 is 1.34 bits per heavy atom. The second-order valence-corrected chi connectivity index (χ2v) is 8.58. The van der Waals surface area contributed by atoms with Crippen molar-refractivity contribution >= 4 is 0 Å². The lowest BCUT2D eigenvalue weighted by molar-refractivity contribution is -0.430. The van der Waals surface area contributed by atoms with E-state index in [1.165, 1.54) is 37.7 Å². The molecular formula is C28H49NO3. The molecule has 0 heterocycles. The molecule has 0 saturated carbocycles. The van der Waals surface area contributed by atoms with Gasteiger partial charge in [0.15, 0.2) is 0 Å². The smallest absolute Gasteiger partial charge is 0.289 e. The Morgan fingerprint density at radius 3 is 1.91 bits per heavy atom. The van der Waals surface area contributed by atoms with Crippen molar-refractivity contribution in [3.05, 3.63) is 48.7 Å². The molecule has 1 aromatic carbocycles. The van der Waals surface area contributed by atoms with Crippen molar-refractivity contribution in [2.45, 2.75) is 97.9 Å². The predicted molar refractivity (Wildman–Crippen MR) is 136 cm³/mol. The molecule has 32 heavy (non-hydrogen) atoms. The molecule has 184 valence electrons. The highest BCUT2D eigenvalue weighted by molar-refractivity contribution is 5.17. The molecule has 4 nitrogen and oxygen atoms in total. The van der Waals surface area contributed by atoms with Crippen molar-refractivity contribution in [1.29, 1.82) is 0 Å². The first-order chi connectivity index (χ1) is 15.6. The average Bonchev–Trinajstić information content (AvgIpc) is 2.80. The topological polar surface area (TPSA) is 39.7 Å². The quantitative estimate of drug-likeness (QED) is 0.159. The van der Waals surface area contributed by atoms with E-state index in [9.17, 15) is 0 Å². The number of rotatable bonds is 21. The van der Waals surface area contributed by atoms with Crippen LogP contribution in [0.1, 0.15) is 91.0 Å². The molecule has 0 fully saturated rings. The first-order valence-corrected chi connectivity index (χ1v) is 12.9. The lowest BCUT2D eigenvalue weighted by atomic mass is 9.71. The third-order valence-electron chi connectivity index (χ3n) is 6.17. The van der Waals surface area contributed by atoms with Gasteiger partial charge in [-0.3, -0.25) is 0 Å². The van der Waals surface area contributed by atoms with Crippen molar-refractivity contribution in [3.63, 3.8) is 0 Å². The van der Waals surface area contributed by atoms with E-state index in [0.717, 1.165) is 38.6 Å². The van der Waals surface area contributed by atoms with E-state index < -0.39 is 5.97 Å². The molecule has 1 aromatic rings. The summed E-state index contributed by atoms with van der Waals surface area (Å²) in [7, 11) is 0. The van der Waals surface area contributed by atoms with Crippen LogP contribution in [0.2, 0.25) is 0 Å². The van der Waals surface area contributed by atoms with Gasteiger partial charge < -0.3 is 19.5 Å². The summed E-state index contributed by atoms with van der Waals surface area (Å²) in [6.45, 7) is 14.7. The lowest BCUT2D eigenvalue weighted by Gasteiger charge is -2.49. The van der Waals surface area contributed by atoms with E-state index in [0.29, 0.717) is 19.8 Å². The van der Waals surface area contributed by atoms with E-state index in [1.807, 2.05) is 20.8 Å². The van der Waals surface area contributed by atoms with Crippen LogP contribution >= 0.6 is 0 Å². The van der Waals surface area contributed by atoms with Crippen LogP contribution in [0.4, 0.5) is 0 Å². The Hall–Kier alpha value is -1.36. The fourth-order valence-electron chi connectivity index (χ4n) is 4.73. The summed E-state index contributed by atoms with van der Waals surface area (Å²) in [5.41, 5.74) is 1.03. The largest absolute Gasteiger partial charge is 0.391 e. The lowest BCUT2D eigenvalue weighted by Crippen LogP contribution is -2.56. The molecule has 0 bridgehead atoms. The van der Waals surface area contributed by atoms with E-state index in [-0.39, 0.29) is 5.41 Å². The SMILES string of the molecule is C=CNCCCC(CCCCCCCC)(Cc1ccccc1)C(OCC)(OCC)OCC. The molecule has 0 spiro atoms. The Kier molecular flexibility index (Phi) is 15.4. The predicted octanol–water partition coefficient (Wildman–Crippen LogP) is 7.24. The van der Waals surface area contributed by atoms with E-state index in [4.69, 9.17) is 14.2 Å². The molecule has 4 heteroatoms. The highest BCUT2D eigenvalue weighted by Gasteiger charge is 2.54. The average molecular weight is 448 g/mol. The van der Waals surface area contributed by atoms with Gasteiger partial charge in [0, 0.05) is 26.4 Å². The van der Waals surface area contributed by atoms with Gasteiger partial charge in [0.2, 0.25) is 0 Å². The summed E-state index contributed by atoms with van der Waals surface area (Å²) in [5, 5.41) is 3.26. The number of unbranched alkanes of at least 4 members (excludes halogenated alkanes) is 5. The number of hydrogen-bond acceptors (Lipinski definition) is 4. The van der Waals surface area contributed by atoms with Crippen LogP contribution in [-0.2, 0) is 20.6 Å². The molecule has 1 atom stereocenters. The first-order valence-electron chi connectivity index (χ1n) is 12.9. The maximum Gasteiger partial charge on any atom is 0.289 e. The van der Waals surface area contributed by atoms with Crippen LogP contribution < -0.4 is 5.32 Å². The fraction of sp³-hybridized carbons (Fsp3) is 0.714. The van der Waals surface area contributed by atoms with Crippen LogP contribution in [-0.4, -0.2) is 32.3 Å². The van der Waals surface area contributed by atoms with Crippen molar-refractivity contribution in [1.82, 2.24) is 5.32 Å².